The Hall–Kier alpha value is -2.57. The van der Waals surface area contributed by atoms with Gasteiger partial charge in [-0.2, -0.15) is 4.98 Å². The molecule has 2 saturated heterocycles. The molecule has 0 radical (unpaired) electrons. The first-order chi connectivity index (χ1) is 13.2. The monoisotopic (exact) mass is 370 g/mol. The van der Waals surface area contributed by atoms with Crippen LogP contribution in [0.1, 0.15) is 32.1 Å². The third kappa shape index (κ3) is 3.91. The third-order valence-electron chi connectivity index (χ3n) is 5.55. The van der Waals surface area contributed by atoms with Gasteiger partial charge in [0.2, 0.25) is 11.7 Å². The molecule has 7 nitrogen and oxygen atoms in total. The number of hydrogen-bond donors (Lipinski definition) is 0. The van der Waals surface area contributed by atoms with Crippen molar-refractivity contribution in [3.05, 3.63) is 24.3 Å². The number of amides is 1. The minimum absolute atomic E-state index is 0.128. The number of ether oxygens (including phenoxy) is 1. The summed E-state index contributed by atoms with van der Waals surface area (Å²) < 4.78 is 10.6. The quantitative estimate of drug-likeness (QED) is 0.824. The lowest BCUT2D eigenvalue weighted by atomic mass is 9.94. The van der Waals surface area contributed by atoms with Crippen LogP contribution in [0.25, 0.3) is 11.4 Å². The van der Waals surface area contributed by atoms with E-state index in [1.54, 1.807) is 7.11 Å². The molecule has 1 aromatic heterocycles. The summed E-state index contributed by atoms with van der Waals surface area (Å²) >= 11 is 0. The van der Waals surface area contributed by atoms with Gasteiger partial charge in [-0.3, -0.25) is 4.79 Å². The van der Waals surface area contributed by atoms with E-state index < -0.39 is 0 Å². The van der Waals surface area contributed by atoms with Crippen molar-refractivity contribution in [1.29, 1.82) is 0 Å². The van der Waals surface area contributed by atoms with Gasteiger partial charge in [0.05, 0.1) is 7.11 Å². The van der Waals surface area contributed by atoms with Crippen LogP contribution in [-0.2, 0) is 4.79 Å². The zero-order chi connectivity index (χ0) is 18.6. The number of carbonyl (C=O) groups is 1. The summed E-state index contributed by atoms with van der Waals surface area (Å²) in [4.78, 5) is 21.4. The lowest BCUT2D eigenvalue weighted by Crippen LogP contribution is -2.44. The molecule has 1 amide bonds. The van der Waals surface area contributed by atoms with Gasteiger partial charge in [-0.15, -0.1) is 0 Å². The van der Waals surface area contributed by atoms with Gasteiger partial charge >= 0.3 is 6.01 Å². The summed E-state index contributed by atoms with van der Waals surface area (Å²) in [6.45, 7) is 3.39. The van der Waals surface area contributed by atoms with E-state index in [-0.39, 0.29) is 5.92 Å². The number of hydrogen-bond acceptors (Lipinski definition) is 6. The van der Waals surface area contributed by atoms with Crippen molar-refractivity contribution >= 4 is 11.9 Å². The molecule has 0 bridgehead atoms. The molecular formula is C20H26N4O3. The Balaban J connectivity index is 1.35. The molecule has 0 spiro atoms. The number of methoxy groups -OCH3 is 1. The highest BCUT2D eigenvalue weighted by molar-refractivity contribution is 5.79. The van der Waals surface area contributed by atoms with E-state index >= 15 is 0 Å². The predicted molar refractivity (Wildman–Crippen MR) is 102 cm³/mol. The number of carbonyl (C=O) groups excluding carboxylic acids is 1. The largest absolute Gasteiger partial charge is 0.497 e. The Morgan fingerprint density at radius 2 is 1.78 bits per heavy atom. The Morgan fingerprint density at radius 3 is 2.44 bits per heavy atom. The SMILES string of the molecule is COc1ccc(-c2noc(N3CCC(C(=O)N4CCCCC4)CC3)n2)cc1. The van der Waals surface area contributed by atoms with Crippen molar-refractivity contribution in [3.8, 4) is 17.1 Å². The zero-order valence-corrected chi connectivity index (χ0v) is 15.8. The van der Waals surface area contributed by atoms with E-state index in [4.69, 9.17) is 9.26 Å². The van der Waals surface area contributed by atoms with Crippen LogP contribution in [0.4, 0.5) is 6.01 Å². The Kier molecular flexibility index (Phi) is 5.27. The van der Waals surface area contributed by atoms with Crippen LogP contribution in [0.3, 0.4) is 0 Å². The standard InChI is InChI=1S/C20H26N4O3/c1-26-17-7-5-15(6-8-17)18-21-20(27-22-18)24-13-9-16(10-14-24)19(25)23-11-3-2-4-12-23/h5-8,16H,2-4,9-14H2,1H3. The lowest BCUT2D eigenvalue weighted by molar-refractivity contribution is -0.137. The van der Waals surface area contributed by atoms with E-state index in [1.807, 2.05) is 24.3 Å². The van der Waals surface area contributed by atoms with Crippen molar-refractivity contribution < 1.29 is 14.1 Å². The topological polar surface area (TPSA) is 71.7 Å². The van der Waals surface area contributed by atoms with Crippen molar-refractivity contribution in [2.45, 2.75) is 32.1 Å². The maximum Gasteiger partial charge on any atom is 0.324 e. The fourth-order valence-corrected chi connectivity index (χ4v) is 3.89. The summed E-state index contributed by atoms with van der Waals surface area (Å²) in [5, 5.41) is 4.10. The van der Waals surface area contributed by atoms with Gasteiger partial charge in [-0.25, -0.2) is 0 Å². The molecule has 7 heteroatoms. The zero-order valence-electron chi connectivity index (χ0n) is 15.8. The highest BCUT2D eigenvalue weighted by Gasteiger charge is 2.30. The number of piperidine rings is 2. The smallest absolute Gasteiger partial charge is 0.324 e. The minimum Gasteiger partial charge on any atom is -0.497 e. The molecule has 2 aliphatic rings. The summed E-state index contributed by atoms with van der Waals surface area (Å²) in [6.07, 6.45) is 5.21. The molecule has 27 heavy (non-hydrogen) atoms. The Morgan fingerprint density at radius 1 is 1.07 bits per heavy atom. The molecule has 0 aliphatic carbocycles. The molecule has 1 aromatic carbocycles. The number of anilines is 1. The fourth-order valence-electron chi connectivity index (χ4n) is 3.89. The van der Waals surface area contributed by atoms with E-state index in [0.29, 0.717) is 17.7 Å². The summed E-state index contributed by atoms with van der Waals surface area (Å²) in [7, 11) is 1.64. The van der Waals surface area contributed by atoms with Gasteiger partial charge in [0.1, 0.15) is 5.75 Å². The molecule has 2 fully saturated rings. The molecular weight excluding hydrogens is 344 g/mol. The van der Waals surface area contributed by atoms with Gasteiger partial charge in [0.15, 0.2) is 0 Å². The van der Waals surface area contributed by atoms with Crippen molar-refractivity contribution in [2.75, 3.05) is 38.2 Å². The average Bonchev–Trinajstić information content (AvgIpc) is 3.24. The number of aromatic nitrogens is 2. The van der Waals surface area contributed by atoms with Gasteiger partial charge in [-0.1, -0.05) is 5.16 Å². The Bertz CT molecular complexity index is 760. The molecule has 0 atom stereocenters. The molecule has 0 saturated carbocycles. The first-order valence-electron chi connectivity index (χ1n) is 9.76. The maximum atomic E-state index is 12.7. The number of nitrogens with zero attached hydrogens (tertiary/aromatic N) is 4. The van der Waals surface area contributed by atoms with Crippen LogP contribution in [-0.4, -0.2) is 54.2 Å². The molecule has 2 aliphatic heterocycles. The van der Waals surface area contributed by atoms with Crippen LogP contribution < -0.4 is 9.64 Å². The molecule has 0 unspecified atom stereocenters. The summed E-state index contributed by atoms with van der Waals surface area (Å²) in [5.74, 6) is 1.82. The van der Waals surface area contributed by atoms with Crippen LogP contribution in [0.15, 0.2) is 28.8 Å². The molecule has 2 aromatic rings. The van der Waals surface area contributed by atoms with Crippen LogP contribution in [0, 0.1) is 5.92 Å². The Labute approximate surface area is 159 Å². The number of rotatable bonds is 4. The lowest BCUT2D eigenvalue weighted by Gasteiger charge is -2.34. The van der Waals surface area contributed by atoms with E-state index in [9.17, 15) is 4.79 Å². The summed E-state index contributed by atoms with van der Waals surface area (Å²) in [5.41, 5.74) is 0.890. The second-order valence-electron chi connectivity index (χ2n) is 7.28. The molecule has 0 N–H and O–H groups in total. The average molecular weight is 370 g/mol. The third-order valence-corrected chi connectivity index (χ3v) is 5.55. The van der Waals surface area contributed by atoms with Crippen molar-refractivity contribution in [3.63, 3.8) is 0 Å². The second-order valence-corrected chi connectivity index (χ2v) is 7.28. The molecule has 3 heterocycles. The van der Waals surface area contributed by atoms with Crippen LogP contribution in [0.2, 0.25) is 0 Å². The van der Waals surface area contributed by atoms with Crippen LogP contribution in [0.5, 0.6) is 5.75 Å². The van der Waals surface area contributed by atoms with E-state index in [1.165, 1.54) is 6.42 Å². The van der Waals surface area contributed by atoms with Crippen molar-refractivity contribution in [1.82, 2.24) is 15.0 Å². The summed E-state index contributed by atoms with van der Waals surface area (Å²) in [6, 6.07) is 8.12. The van der Waals surface area contributed by atoms with Gasteiger partial charge < -0.3 is 19.1 Å². The number of likely N-dealkylation sites (tertiary alicyclic amines) is 1. The minimum atomic E-state index is 0.128. The maximum absolute atomic E-state index is 12.7. The van der Waals surface area contributed by atoms with E-state index in [2.05, 4.69) is 19.9 Å². The molecule has 4 rings (SSSR count). The second kappa shape index (κ2) is 7.98. The normalized spacial score (nSPS) is 18.6. The highest BCUT2D eigenvalue weighted by atomic mass is 16.5. The first kappa shape index (κ1) is 17.8. The first-order valence-corrected chi connectivity index (χ1v) is 9.76. The van der Waals surface area contributed by atoms with Gasteiger partial charge in [0.25, 0.3) is 0 Å². The predicted octanol–water partition coefficient (Wildman–Crippen LogP) is 2.97. The van der Waals surface area contributed by atoms with E-state index in [0.717, 1.165) is 63.2 Å². The van der Waals surface area contributed by atoms with Crippen LogP contribution >= 0.6 is 0 Å². The highest BCUT2D eigenvalue weighted by Crippen LogP contribution is 2.27. The number of benzene rings is 1. The van der Waals surface area contributed by atoms with Gasteiger partial charge in [0, 0.05) is 37.7 Å². The van der Waals surface area contributed by atoms with Crippen molar-refractivity contribution in [2.24, 2.45) is 5.92 Å². The molecule has 144 valence electrons. The van der Waals surface area contributed by atoms with Gasteiger partial charge in [-0.05, 0) is 56.4 Å². The fraction of sp³-hybridized carbons (Fsp3) is 0.550.